The average Bonchev–Trinajstić information content (AvgIpc) is 2.39. The number of fused-ring (bicyclic) bond motifs is 1. The Labute approximate surface area is 123 Å². The number of benzene rings is 1. The highest BCUT2D eigenvalue weighted by molar-refractivity contribution is 6.32. The van der Waals surface area contributed by atoms with Crippen LogP contribution < -0.4 is 9.80 Å². The van der Waals surface area contributed by atoms with E-state index in [9.17, 15) is 4.79 Å². The average molecular weight is 291 g/mol. The zero-order valence-corrected chi connectivity index (χ0v) is 12.3. The molecule has 2 heterocycles. The first kappa shape index (κ1) is 13.3. The van der Waals surface area contributed by atoms with Crippen LogP contribution in [0.4, 0.5) is 5.69 Å². The van der Waals surface area contributed by atoms with E-state index in [1.807, 2.05) is 24.3 Å². The van der Waals surface area contributed by atoms with Crippen LogP contribution in [-0.2, 0) is 4.79 Å². The fourth-order valence-electron chi connectivity index (χ4n) is 2.79. The Hall–Kier alpha value is -1.65. The van der Waals surface area contributed by atoms with Gasteiger partial charge in [-0.25, -0.2) is 9.79 Å². The van der Waals surface area contributed by atoms with Crippen molar-refractivity contribution in [3.63, 3.8) is 0 Å². The van der Waals surface area contributed by atoms with Gasteiger partial charge >= 0.3 is 5.91 Å². The fourth-order valence-corrected chi connectivity index (χ4v) is 2.92. The van der Waals surface area contributed by atoms with Crippen LogP contribution in [0.15, 0.2) is 41.3 Å². The van der Waals surface area contributed by atoms with Gasteiger partial charge in [0.1, 0.15) is 18.1 Å². The van der Waals surface area contributed by atoms with Crippen molar-refractivity contribution in [3.8, 4) is 0 Å². The molecule has 1 amide bonds. The van der Waals surface area contributed by atoms with E-state index in [4.69, 9.17) is 11.6 Å². The number of quaternary nitrogens is 1. The molecule has 0 radical (unpaired) electrons. The summed E-state index contributed by atoms with van der Waals surface area (Å²) in [5.41, 5.74) is 0.882. The summed E-state index contributed by atoms with van der Waals surface area (Å²) in [6.45, 7) is 4.98. The minimum atomic E-state index is -0.0346. The molecule has 1 aromatic carbocycles. The molecule has 20 heavy (non-hydrogen) atoms. The third-order valence-corrected chi connectivity index (χ3v) is 4.23. The highest BCUT2D eigenvalue weighted by Gasteiger charge is 2.50. The number of hydrogen-bond donors (Lipinski definition) is 1. The van der Waals surface area contributed by atoms with E-state index in [1.54, 1.807) is 6.20 Å². The molecule has 0 bridgehead atoms. The summed E-state index contributed by atoms with van der Waals surface area (Å²) in [5.74, 6) is 0.809. The molecule has 1 atom stereocenters. The van der Waals surface area contributed by atoms with Gasteiger partial charge in [-0.3, -0.25) is 0 Å². The summed E-state index contributed by atoms with van der Waals surface area (Å²) in [6.07, 6.45) is 4.04. The zero-order chi connectivity index (χ0) is 14.4. The first-order chi connectivity index (χ1) is 9.44. The maximum atomic E-state index is 12.6. The van der Waals surface area contributed by atoms with Crippen molar-refractivity contribution in [2.45, 2.75) is 25.8 Å². The number of carbonyl (C=O) groups is 1. The molecule has 3 rings (SSSR count). The van der Waals surface area contributed by atoms with Crippen molar-refractivity contribution >= 4 is 29.4 Å². The Morgan fingerprint density at radius 2 is 2.00 bits per heavy atom. The largest absolute Gasteiger partial charge is 0.368 e. The van der Waals surface area contributed by atoms with E-state index in [2.05, 4.69) is 24.2 Å². The molecule has 5 heteroatoms. The lowest BCUT2D eigenvalue weighted by Crippen LogP contribution is -2.66. The Morgan fingerprint density at radius 3 is 2.70 bits per heavy atom. The summed E-state index contributed by atoms with van der Waals surface area (Å²) in [6, 6.07) is 7.46. The molecule has 0 saturated carbocycles. The number of aliphatic imine (C=N–C) groups is 1. The van der Waals surface area contributed by atoms with Crippen molar-refractivity contribution in [2.75, 3.05) is 6.54 Å². The normalized spacial score (nSPS) is 27.6. The van der Waals surface area contributed by atoms with Crippen LogP contribution in [0.25, 0.3) is 0 Å². The number of rotatable bonds is 1. The highest BCUT2D eigenvalue weighted by Crippen LogP contribution is 2.36. The van der Waals surface area contributed by atoms with Gasteiger partial charge in [0.25, 0.3) is 0 Å². The fraction of sp³-hybridized carbons (Fsp3) is 0.333. The molecule has 104 valence electrons. The van der Waals surface area contributed by atoms with Crippen molar-refractivity contribution in [2.24, 2.45) is 4.99 Å². The molecule has 1 aromatic rings. The summed E-state index contributed by atoms with van der Waals surface area (Å²) in [5, 5.41) is 4.11. The van der Waals surface area contributed by atoms with Gasteiger partial charge in [-0.15, -0.1) is 0 Å². The molecule has 0 spiro atoms. The van der Waals surface area contributed by atoms with Gasteiger partial charge in [-0.1, -0.05) is 11.6 Å². The molecule has 1 unspecified atom stereocenters. The predicted octanol–water partition coefficient (Wildman–Crippen LogP) is 2.83. The molecule has 1 N–H and O–H groups in total. The molecule has 0 aromatic heterocycles. The minimum Gasteiger partial charge on any atom is -0.334 e. The molecule has 1 fully saturated rings. The molecule has 0 aliphatic carbocycles. The van der Waals surface area contributed by atoms with Gasteiger partial charge in [-0.05, 0) is 26.0 Å². The number of carbonyl (C=O) groups excluding carboxylic acids is 1. The Balaban J connectivity index is 2.12. The second kappa shape index (κ2) is 4.43. The molecular formula is C15H17ClN3O+. The Morgan fingerprint density at radius 1 is 1.30 bits per heavy atom. The number of nitrogens with one attached hydrogen (secondary N) is 1. The number of amides is 1. The van der Waals surface area contributed by atoms with Gasteiger partial charge < -0.3 is 5.32 Å². The second-order valence-electron chi connectivity index (χ2n) is 5.90. The summed E-state index contributed by atoms with van der Waals surface area (Å²) >= 11 is 5.96. The Bertz CT molecular complexity index is 619. The van der Waals surface area contributed by atoms with Crippen molar-refractivity contribution in [3.05, 3.63) is 41.3 Å². The quantitative estimate of drug-likeness (QED) is 0.808. The first-order valence-corrected chi connectivity index (χ1v) is 7.03. The van der Waals surface area contributed by atoms with Crippen LogP contribution >= 0.6 is 11.6 Å². The third-order valence-electron chi connectivity index (χ3n) is 3.98. The molecule has 2 aliphatic heterocycles. The third kappa shape index (κ3) is 1.96. The SMILES string of the molecule is CC1(C)CC[N+]2(c3ccc(Cl)cc3)C(=O)C=NC=C2N1. The number of hydrogen-bond acceptors (Lipinski definition) is 3. The van der Waals surface area contributed by atoms with Gasteiger partial charge in [0.15, 0.2) is 0 Å². The molecule has 1 saturated heterocycles. The van der Waals surface area contributed by atoms with Crippen molar-refractivity contribution in [1.29, 1.82) is 0 Å². The second-order valence-corrected chi connectivity index (χ2v) is 6.34. The lowest BCUT2D eigenvalue weighted by atomic mass is 9.95. The van der Waals surface area contributed by atoms with Crippen LogP contribution in [0, 0.1) is 0 Å². The van der Waals surface area contributed by atoms with E-state index in [0.717, 1.165) is 24.5 Å². The van der Waals surface area contributed by atoms with E-state index in [-0.39, 0.29) is 15.9 Å². The molecular weight excluding hydrogens is 274 g/mol. The van der Waals surface area contributed by atoms with E-state index < -0.39 is 0 Å². The lowest BCUT2D eigenvalue weighted by Gasteiger charge is -2.45. The van der Waals surface area contributed by atoms with E-state index in [0.29, 0.717) is 5.02 Å². The zero-order valence-electron chi connectivity index (χ0n) is 11.6. The van der Waals surface area contributed by atoms with Crippen molar-refractivity contribution < 1.29 is 4.79 Å². The van der Waals surface area contributed by atoms with E-state index in [1.165, 1.54) is 6.21 Å². The van der Waals surface area contributed by atoms with Crippen LogP contribution in [0.2, 0.25) is 5.02 Å². The minimum absolute atomic E-state index is 0.0205. The van der Waals surface area contributed by atoms with Gasteiger partial charge in [-0.2, -0.15) is 4.48 Å². The van der Waals surface area contributed by atoms with Crippen LogP contribution in [0.3, 0.4) is 0 Å². The highest BCUT2D eigenvalue weighted by atomic mass is 35.5. The summed E-state index contributed by atoms with van der Waals surface area (Å²) < 4.78 is 0.171. The lowest BCUT2D eigenvalue weighted by molar-refractivity contribution is -0.122. The van der Waals surface area contributed by atoms with Gasteiger partial charge in [0.2, 0.25) is 5.82 Å². The van der Waals surface area contributed by atoms with Crippen LogP contribution in [0.5, 0.6) is 0 Å². The maximum Gasteiger partial charge on any atom is 0.368 e. The van der Waals surface area contributed by atoms with Crippen molar-refractivity contribution in [1.82, 2.24) is 9.80 Å². The monoisotopic (exact) mass is 290 g/mol. The first-order valence-electron chi connectivity index (χ1n) is 6.65. The summed E-state index contributed by atoms with van der Waals surface area (Å²) in [7, 11) is 0. The predicted molar refractivity (Wildman–Crippen MR) is 81.5 cm³/mol. The van der Waals surface area contributed by atoms with Crippen LogP contribution in [0.1, 0.15) is 20.3 Å². The molecule has 2 aliphatic rings. The topological polar surface area (TPSA) is 41.5 Å². The molecule has 4 nitrogen and oxygen atoms in total. The summed E-state index contributed by atoms with van der Waals surface area (Å²) in [4.78, 5) is 16.6. The van der Waals surface area contributed by atoms with Crippen LogP contribution in [-0.4, -0.2) is 24.2 Å². The standard InChI is InChI=1S/C15H16ClN3O/c1-15(2)7-8-19(12-5-3-11(16)4-6-12)13(18-15)9-17-10-14(19)20/h3-6,9-10H,7-8H2,1-2H3/p+1. The maximum absolute atomic E-state index is 12.6. The number of nitrogens with zero attached hydrogens (tertiary/aromatic N) is 2. The van der Waals surface area contributed by atoms with E-state index >= 15 is 0 Å². The Kier molecular flexibility index (Phi) is 2.96. The van der Waals surface area contributed by atoms with Gasteiger partial charge in [0, 0.05) is 29.1 Å². The smallest absolute Gasteiger partial charge is 0.334 e. The van der Waals surface area contributed by atoms with Gasteiger partial charge in [0.05, 0.1) is 6.54 Å². The number of halogens is 1.